The molecule has 18 heavy (non-hydrogen) atoms. The third-order valence-electron chi connectivity index (χ3n) is 2.88. The highest BCUT2D eigenvalue weighted by atomic mass is 79.9. The average molecular weight is 312 g/mol. The van der Waals surface area contributed by atoms with Gasteiger partial charge in [-0.05, 0) is 56.3 Å². The third-order valence-corrected chi connectivity index (χ3v) is 3.66. The number of aryl methyl sites for hydroxylation is 1. The first kappa shape index (κ1) is 13.3. The molecule has 96 valence electrons. The second-order valence-corrected chi connectivity index (χ2v) is 5.08. The summed E-state index contributed by atoms with van der Waals surface area (Å²) in [5, 5.41) is 3.19. The van der Waals surface area contributed by atoms with Gasteiger partial charge in [0.1, 0.15) is 17.3 Å². The number of hydrogen-bond acceptors (Lipinski definition) is 2. The highest BCUT2D eigenvalue weighted by Crippen LogP contribution is 2.25. The van der Waals surface area contributed by atoms with E-state index in [4.69, 9.17) is 4.42 Å². The van der Waals surface area contributed by atoms with Crippen molar-refractivity contribution in [1.82, 2.24) is 5.32 Å². The third kappa shape index (κ3) is 3.00. The summed E-state index contributed by atoms with van der Waals surface area (Å²) in [4.78, 5) is 0. The quantitative estimate of drug-likeness (QED) is 0.923. The van der Waals surface area contributed by atoms with Crippen LogP contribution in [0.3, 0.4) is 0 Å². The maximum absolute atomic E-state index is 13.2. The predicted octanol–water partition coefficient (Wildman–Crippen LogP) is 3.99. The molecule has 0 bridgehead atoms. The lowest BCUT2D eigenvalue weighted by molar-refractivity contribution is 0.414. The van der Waals surface area contributed by atoms with Crippen LogP contribution in [0, 0.1) is 12.7 Å². The summed E-state index contributed by atoms with van der Waals surface area (Å²) in [5.41, 5.74) is 0.920. The summed E-state index contributed by atoms with van der Waals surface area (Å²) in [5.74, 6) is 1.52. The number of furan rings is 1. The maximum atomic E-state index is 13.2. The molecule has 2 aromatic rings. The van der Waals surface area contributed by atoms with Gasteiger partial charge in [-0.3, -0.25) is 0 Å². The van der Waals surface area contributed by atoms with E-state index in [1.54, 1.807) is 12.1 Å². The number of likely N-dealkylation sites (N-methyl/N-ethyl adjacent to an activating group) is 1. The van der Waals surface area contributed by atoms with E-state index >= 15 is 0 Å². The van der Waals surface area contributed by atoms with E-state index in [2.05, 4.69) is 21.2 Å². The van der Waals surface area contributed by atoms with Gasteiger partial charge in [0.2, 0.25) is 0 Å². The molecular weight excluding hydrogens is 297 g/mol. The average Bonchev–Trinajstić information content (AvgIpc) is 2.77. The standard InChI is InChI=1S/C14H15BrFNO/c1-9-3-6-14(18-9)13(17-2)8-10-7-11(16)4-5-12(10)15/h3-7,13,17H,8H2,1-2H3. The molecule has 1 atom stereocenters. The SMILES string of the molecule is CNC(Cc1cc(F)ccc1Br)c1ccc(C)o1. The van der Waals surface area contributed by atoms with Crippen LogP contribution in [0.2, 0.25) is 0 Å². The van der Waals surface area contributed by atoms with Gasteiger partial charge in [-0.25, -0.2) is 4.39 Å². The molecule has 4 heteroatoms. The molecule has 0 saturated carbocycles. The van der Waals surface area contributed by atoms with Gasteiger partial charge in [0.05, 0.1) is 6.04 Å². The second-order valence-electron chi connectivity index (χ2n) is 4.23. The molecule has 0 spiro atoms. The minimum Gasteiger partial charge on any atom is -0.465 e. The first-order chi connectivity index (χ1) is 8.60. The summed E-state index contributed by atoms with van der Waals surface area (Å²) in [7, 11) is 1.87. The van der Waals surface area contributed by atoms with E-state index in [0.29, 0.717) is 6.42 Å². The van der Waals surface area contributed by atoms with Gasteiger partial charge >= 0.3 is 0 Å². The van der Waals surface area contributed by atoms with Crippen LogP contribution in [0.25, 0.3) is 0 Å². The van der Waals surface area contributed by atoms with Crippen molar-refractivity contribution in [2.75, 3.05) is 7.05 Å². The van der Waals surface area contributed by atoms with Gasteiger partial charge < -0.3 is 9.73 Å². The molecule has 1 N–H and O–H groups in total. The topological polar surface area (TPSA) is 25.2 Å². The molecule has 0 fully saturated rings. The van der Waals surface area contributed by atoms with Crippen LogP contribution in [0.15, 0.2) is 39.2 Å². The zero-order valence-electron chi connectivity index (χ0n) is 10.3. The molecule has 1 heterocycles. The molecule has 1 unspecified atom stereocenters. The summed E-state index contributed by atoms with van der Waals surface area (Å²) < 4.78 is 19.8. The minimum absolute atomic E-state index is 0.0387. The predicted molar refractivity (Wildman–Crippen MR) is 73.0 cm³/mol. The number of rotatable bonds is 4. The highest BCUT2D eigenvalue weighted by Gasteiger charge is 2.15. The van der Waals surface area contributed by atoms with Crippen LogP contribution in [-0.2, 0) is 6.42 Å². The Morgan fingerprint density at radius 1 is 1.33 bits per heavy atom. The van der Waals surface area contributed by atoms with Gasteiger partial charge in [0.25, 0.3) is 0 Å². The first-order valence-corrected chi connectivity index (χ1v) is 6.57. The van der Waals surface area contributed by atoms with Gasteiger partial charge in [0, 0.05) is 4.47 Å². The summed E-state index contributed by atoms with van der Waals surface area (Å²) in [6, 6.07) is 8.63. The van der Waals surface area contributed by atoms with E-state index in [-0.39, 0.29) is 11.9 Å². The van der Waals surface area contributed by atoms with Crippen LogP contribution in [-0.4, -0.2) is 7.05 Å². The van der Waals surface area contributed by atoms with Crippen LogP contribution >= 0.6 is 15.9 Å². The van der Waals surface area contributed by atoms with E-state index in [1.165, 1.54) is 6.07 Å². The van der Waals surface area contributed by atoms with Crippen LogP contribution in [0.5, 0.6) is 0 Å². The fourth-order valence-corrected chi connectivity index (χ4v) is 2.31. The molecule has 0 radical (unpaired) electrons. The molecule has 2 nitrogen and oxygen atoms in total. The van der Waals surface area contributed by atoms with Crippen LogP contribution in [0.4, 0.5) is 4.39 Å². The van der Waals surface area contributed by atoms with E-state index in [0.717, 1.165) is 21.6 Å². The minimum atomic E-state index is -0.223. The Balaban J connectivity index is 2.22. The Hall–Kier alpha value is -1.13. The molecule has 0 amide bonds. The smallest absolute Gasteiger partial charge is 0.123 e. The Labute approximate surface area is 114 Å². The van der Waals surface area contributed by atoms with Crippen molar-refractivity contribution >= 4 is 15.9 Å². The van der Waals surface area contributed by atoms with Crippen molar-refractivity contribution in [2.45, 2.75) is 19.4 Å². The lowest BCUT2D eigenvalue weighted by Gasteiger charge is -2.14. The summed E-state index contributed by atoms with van der Waals surface area (Å²) >= 11 is 3.44. The fraction of sp³-hybridized carbons (Fsp3) is 0.286. The Morgan fingerprint density at radius 3 is 2.72 bits per heavy atom. The molecule has 0 aliphatic heterocycles. The Bertz CT molecular complexity index is 538. The van der Waals surface area contributed by atoms with E-state index in [1.807, 2.05) is 26.1 Å². The van der Waals surface area contributed by atoms with Crippen molar-refractivity contribution in [3.05, 3.63) is 57.7 Å². The first-order valence-electron chi connectivity index (χ1n) is 5.77. The highest BCUT2D eigenvalue weighted by molar-refractivity contribution is 9.10. The van der Waals surface area contributed by atoms with E-state index < -0.39 is 0 Å². The van der Waals surface area contributed by atoms with Crippen LogP contribution in [0.1, 0.15) is 23.1 Å². The molecule has 1 aromatic heterocycles. The van der Waals surface area contributed by atoms with Gasteiger partial charge in [-0.15, -0.1) is 0 Å². The molecule has 1 aromatic carbocycles. The molecule has 0 saturated heterocycles. The molecule has 0 aliphatic rings. The van der Waals surface area contributed by atoms with Crippen molar-refractivity contribution in [2.24, 2.45) is 0 Å². The van der Waals surface area contributed by atoms with Gasteiger partial charge in [-0.2, -0.15) is 0 Å². The number of benzene rings is 1. The summed E-state index contributed by atoms with van der Waals surface area (Å²) in [6.07, 6.45) is 0.668. The number of halogens is 2. The zero-order chi connectivity index (χ0) is 13.1. The monoisotopic (exact) mass is 311 g/mol. The lowest BCUT2D eigenvalue weighted by atomic mass is 10.0. The van der Waals surface area contributed by atoms with Gasteiger partial charge in [0.15, 0.2) is 0 Å². The van der Waals surface area contributed by atoms with E-state index in [9.17, 15) is 4.39 Å². The van der Waals surface area contributed by atoms with Crippen LogP contribution < -0.4 is 5.32 Å². The number of hydrogen-bond donors (Lipinski definition) is 1. The summed E-state index contributed by atoms with van der Waals surface area (Å²) in [6.45, 7) is 1.91. The molecule has 2 rings (SSSR count). The van der Waals surface area contributed by atoms with Crippen molar-refractivity contribution in [3.8, 4) is 0 Å². The van der Waals surface area contributed by atoms with Crippen molar-refractivity contribution in [3.63, 3.8) is 0 Å². The van der Waals surface area contributed by atoms with Crippen molar-refractivity contribution < 1.29 is 8.81 Å². The Morgan fingerprint density at radius 2 is 2.11 bits per heavy atom. The molecular formula is C14H15BrFNO. The molecule has 0 aliphatic carbocycles. The Kier molecular flexibility index (Phi) is 4.19. The van der Waals surface area contributed by atoms with Gasteiger partial charge in [-0.1, -0.05) is 15.9 Å². The zero-order valence-corrected chi connectivity index (χ0v) is 11.9. The van der Waals surface area contributed by atoms with Crippen molar-refractivity contribution in [1.29, 1.82) is 0 Å². The largest absolute Gasteiger partial charge is 0.465 e. The fourth-order valence-electron chi connectivity index (χ4n) is 1.91. The normalized spacial score (nSPS) is 12.7. The number of nitrogens with one attached hydrogen (secondary N) is 1. The second kappa shape index (κ2) is 5.67. The maximum Gasteiger partial charge on any atom is 0.123 e. The lowest BCUT2D eigenvalue weighted by Crippen LogP contribution is -2.18.